The van der Waals surface area contributed by atoms with Gasteiger partial charge < -0.3 is 9.64 Å². The van der Waals surface area contributed by atoms with Gasteiger partial charge in [0, 0.05) is 13.1 Å². The SMILES string of the molecule is CCN(CC)CCOCCNS(=O)(=O)c1c(C)cc(C)cc1C. The van der Waals surface area contributed by atoms with Gasteiger partial charge in [-0.1, -0.05) is 31.5 Å². The summed E-state index contributed by atoms with van der Waals surface area (Å²) in [5, 5.41) is 0. The van der Waals surface area contributed by atoms with Crippen molar-refractivity contribution < 1.29 is 13.2 Å². The standard InChI is InChI=1S/C17H30N2O3S/c1-6-19(7-2)9-11-22-10-8-18-23(20,21)17-15(4)12-14(3)13-16(17)5/h12-13,18H,6-11H2,1-5H3. The van der Waals surface area contributed by atoms with E-state index in [0.29, 0.717) is 18.1 Å². The topological polar surface area (TPSA) is 58.6 Å². The van der Waals surface area contributed by atoms with Crippen LogP contribution in [0.25, 0.3) is 0 Å². The van der Waals surface area contributed by atoms with E-state index in [1.807, 2.05) is 32.9 Å². The van der Waals surface area contributed by atoms with E-state index in [2.05, 4.69) is 23.5 Å². The highest BCUT2D eigenvalue weighted by molar-refractivity contribution is 7.89. The van der Waals surface area contributed by atoms with Crippen LogP contribution in [0.2, 0.25) is 0 Å². The minimum absolute atomic E-state index is 0.285. The van der Waals surface area contributed by atoms with E-state index in [-0.39, 0.29) is 6.54 Å². The molecule has 0 aliphatic rings. The van der Waals surface area contributed by atoms with Crippen molar-refractivity contribution in [3.63, 3.8) is 0 Å². The van der Waals surface area contributed by atoms with Gasteiger partial charge in [0.25, 0.3) is 0 Å². The van der Waals surface area contributed by atoms with Gasteiger partial charge in [-0.05, 0) is 45.0 Å². The molecule has 0 saturated heterocycles. The summed E-state index contributed by atoms with van der Waals surface area (Å²) < 4.78 is 33.0. The Hall–Kier alpha value is -0.950. The summed E-state index contributed by atoms with van der Waals surface area (Å²) in [5.41, 5.74) is 2.62. The van der Waals surface area contributed by atoms with E-state index in [9.17, 15) is 8.42 Å². The number of benzene rings is 1. The van der Waals surface area contributed by atoms with Gasteiger partial charge in [-0.15, -0.1) is 0 Å². The van der Waals surface area contributed by atoms with E-state index < -0.39 is 10.0 Å². The van der Waals surface area contributed by atoms with E-state index in [0.717, 1.165) is 36.3 Å². The van der Waals surface area contributed by atoms with Crippen LogP contribution in [-0.2, 0) is 14.8 Å². The molecular weight excluding hydrogens is 312 g/mol. The van der Waals surface area contributed by atoms with Crippen LogP contribution in [0.3, 0.4) is 0 Å². The quantitative estimate of drug-likeness (QED) is 0.663. The van der Waals surface area contributed by atoms with Gasteiger partial charge in [-0.25, -0.2) is 13.1 Å². The molecular formula is C17H30N2O3S. The average Bonchev–Trinajstić information content (AvgIpc) is 2.45. The minimum atomic E-state index is -3.49. The van der Waals surface area contributed by atoms with Crippen molar-refractivity contribution >= 4 is 10.0 Å². The first-order valence-electron chi connectivity index (χ1n) is 8.19. The Morgan fingerprint density at radius 2 is 1.61 bits per heavy atom. The first-order valence-corrected chi connectivity index (χ1v) is 9.67. The largest absolute Gasteiger partial charge is 0.379 e. The lowest BCUT2D eigenvalue weighted by Gasteiger charge is -2.17. The molecule has 5 nitrogen and oxygen atoms in total. The molecule has 0 aromatic heterocycles. The Balaban J connectivity index is 2.48. The zero-order valence-electron chi connectivity index (χ0n) is 15.0. The Morgan fingerprint density at radius 1 is 1.04 bits per heavy atom. The van der Waals surface area contributed by atoms with Crippen LogP contribution in [0.4, 0.5) is 0 Å². The molecule has 0 fully saturated rings. The molecule has 23 heavy (non-hydrogen) atoms. The lowest BCUT2D eigenvalue weighted by molar-refractivity contribution is 0.111. The summed E-state index contributed by atoms with van der Waals surface area (Å²) in [6.45, 7) is 14.0. The number of likely N-dealkylation sites (N-methyl/N-ethyl adjacent to an activating group) is 1. The van der Waals surface area contributed by atoms with Crippen molar-refractivity contribution in [3.05, 3.63) is 28.8 Å². The fourth-order valence-corrected chi connectivity index (χ4v) is 4.21. The molecule has 0 radical (unpaired) electrons. The van der Waals surface area contributed by atoms with Crippen LogP contribution in [0.1, 0.15) is 30.5 Å². The van der Waals surface area contributed by atoms with Crippen LogP contribution >= 0.6 is 0 Å². The fraction of sp³-hybridized carbons (Fsp3) is 0.647. The molecule has 0 heterocycles. The number of ether oxygens (including phenoxy) is 1. The van der Waals surface area contributed by atoms with E-state index in [1.165, 1.54) is 0 Å². The highest BCUT2D eigenvalue weighted by Gasteiger charge is 2.19. The molecule has 0 aliphatic heterocycles. The third-order valence-corrected chi connectivity index (χ3v) is 5.62. The average molecular weight is 343 g/mol. The Labute approximate surface area is 141 Å². The van der Waals surface area contributed by atoms with Gasteiger partial charge in [0.15, 0.2) is 0 Å². The van der Waals surface area contributed by atoms with Crippen LogP contribution in [-0.4, -0.2) is 52.7 Å². The molecule has 1 aromatic carbocycles. The zero-order chi connectivity index (χ0) is 17.5. The van der Waals surface area contributed by atoms with Crippen LogP contribution in [0.15, 0.2) is 17.0 Å². The third-order valence-electron chi connectivity index (χ3n) is 3.86. The third kappa shape index (κ3) is 6.22. The monoisotopic (exact) mass is 342 g/mol. The second kappa shape index (κ2) is 9.37. The second-order valence-electron chi connectivity index (χ2n) is 5.76. The number of nitrogens with one attached hydrogen (secondary N) is 1. The molecule has 0 unspecified atom stereocenters. The minimum Gasteiger partial charge on any atom is -0.379 e. The maximum atomic E-state index is 12.4. The fourth-order valence-electron chi connectivity index (χ4n) is 2.75. The van der Waals surface area contributed by atoms with Gasteiger partial charge in [-0.3, -0.25) is 0 Å². The smallest absolute Gasteiger partial charge is 0.241 e. The zero-order valence-corrected chi connectivity index (χ0v) is 15.8. The highest BCUT2D eigenvalue weighted by atomic mass is 32.2. The maximum absolute atomic E-state index is 12.4. The van der Waals surface area contributed by atoms with E-state index >= 15 is 0 Å². The van der Waals surface area contributed by atoms with Crippen molar-refractivity contribution in [1.29, 1.82) is 0 Å². The van der Waals surface area contributed by atoms with Crippen molar-refractivity contribution in [3.8, 4) is 0 Å². The van der Waals surface area contributed by atoms with Gasteiger partial charge in [0.1, 0.15) is 0 Å². The van der Waals surface area contributed by atoms with Gasteiger partial charge >= 0.3 is 0 Å². The van der Waals surface area contributed by atoms with Gasteiger partial charge in [0.05, 0.1) is 18.1 Å². The Kier molecular flexibility index (Phi) is 8.19. The van der Waals surface area contributed by atoms with Gasteiger partial charge in [-0.2, -0.15) is 0 Å². The molecule has 0 amide bonds. The lowest BCUT2D eigenvalue weighted by atomic mass is 10.1. The predicted octanol–water partition coefficient (Wildman–Crippen LogP) is 2.25. The molecule has 0 saturated carbocycles. The number of nitrogens with zero attached hydrogens (tertiary/aromatic N) is 1. The summed E-state index contributed by atoms with van der Waals surface area (Å²) in [6.07, 6.45) is 0. The number of aryl methyl sites for hydroxylation is 3. The van der Waals surface area contributed by atoms with Crippen LogP contribution < -0.4 is 4.72 Å². The molecule has 1 rings (SSSR count). The van der Waals surface area contributed by atoms with Crippen molar-refractivity contribution in [2.75, 3.05) is 39.4 Å². The first kappa shape index (κ1) is 20.1. The van der Waals surface area contributed by atoms with Crippen LogP contribution in [0, 0.1) is 20.8 Å². The Bertz CT molecular complexity index is 573. The number of hydrogen-bond donors (Lipinski definition) is 1. The Morgan fingerprint density at radius 3 is 2.13 bits per heavy atom. The molecule has 132 valence electrons. The molecule has 0 bridgehead atoms. The van der Waals surface area contributed by atoms with E-state index in [4.69, 9.17) is 4.74 Å². The predicted molar refractivity (Wildman–Crippen MR) is 94.4 cm³/mol. The molecule has 0 atom stereocenters. The van der Waals surface area contributed by atoms with Crippen LogP contribution in [0.5, 0.6) is 0 Å². The van der Waals surface area contributed by atoms with Gasteiger partial charge in [0.2, 0.25) is 10.0 Å². The number of sulfonamides is 1. The summed E-state index contributed by atoms with van der Waals surface area (Å²) in [6, 6.07) is 3.78. The first-order chi connectivity index (χ1) is 10.8. The molecule has 0 aliphatic carbocycles. The summed E-state index contributed by atoms with van der Waals surface area (Å²) >= 11 is 0. The highest BCUT2D eigenvalue weighted by Crippen LogP contribution is 2.21. The van der Waals surface area contributed by atoms with Crippen molar-refractivity contribution in [2.45, 2.75) is 39.5 Å². The lowest BCUT2D eigenvalue weighted by Crippen LogP contribution is -2.30. The second-order valence-corrected chi connectivity index (χ2v) is 7.47. The molecule has 0 spiro atoms. The normalized spacial score (nSPS) is 12.1. The van der Waals surface area contributed by atoms with E-state index in [1.54, 1.807) is 0 Å². The summed E-state index contributed by atoms with van der Waals surface area (Å²) in [5.74, 6) is 0. The van der Waals surface area contributed by atoms with Crippen molar-refractivity contribution in [2.24, 2.45) is 0 Å². The number of hydrogen-bond acceptors (Lipinski definition) is 4. The van der Waals surface area contributed by atoms with Crippen molar-refractivity contribution in [1.82, 2.24) is 9.62 Å². The summed E-state index contributed by atoms with van der Waals surface area (Å²) in [7, 11) is -3.49. The molecule has 1 N–H and O–H groups in total. The maximum Gasteiger partial charge on any atom is 0.241 e. The summed E-state index contributed by atoms with van der Waals surface area (Å²) in [4.78, 5) is 2.65. The molecule has 6 heteroatoms. The number of rotatable bonds is 10. The molecule has 1 aromatic rings.